The van der Waals surface area contributed by atoms with Crippen LogP contribution in [0.2, 0.25) is 0 Å². The largest absolute Gasteiger partial charge is 0.388 e. The van der Waals surface area contributed by atoms with E-state index in [0.29, 0.717) is 12.4 Å². The van der Waals surface area contributed by atoms with Gasteiger partial charge in [-0.05, 0) is 35.2 Å². The molecule has 0 saturated carbocycles. The van der Waals surface area contributed by atoms with Crippen molar-refractivity contribution in [2.45, 2.75) is 20.1 Å². The van der Waals surface area contributed by atoms with Gasteiger partial charge in [0.15, 0.2) is 5.82 Å². The fourth-order valence-corrected chi connectivity index (χ4v) is 2.65. The Morgan fingerprint density at radius 2 is 1.83 bits per heavy atom. The molecule has 5 heteroatoms. The lowest BCUT2D eigenvalue weighted by Crippen LogP contribution is -2.24. The van der Waals surface area contributed by atoms with E-state index < -0.39 is 0 Å². The van der Waals surface area contributed by atoms with Crippen molar-refractivity contribution in [3.8, 4) is 11.1 Å². The number of aryl methyl sites for hydroxylation is 2. The third-order valence-electron chi connectivity index (χ3n) is 4.01. The summed E-state index contributed by atoms with van der Waals surface area (Å²) in [5.74, 6) is 0.377. The van der Waals surface area contributed by atoms with Crippen LogP contribution in [-0.2, 0) is 20.2 Å². The van der Waals surface area contributed by atoms with Crippen molar-refractivity contribution >= 4 is 0 Å². The van der Waals surface area contributed by atoms with E-state index in [1.807, 2.05) is 25.1 Å². The third kappa shape index (κ3) is 2.96. The predicted octanol–water partition coefficient (Wildman–Crippen LogP) is 2.10. The predicted molar refractivity (Wildman–Crippen MR) is 89.1 cm³/mol. The molecule has 0 saturated heterocycles. The summed E-state index contributed by atoms with van der Waals surface area (Å²) in [5.41, 5.74) is 4.15. The fourth-order valence-electron chi connectivity index (χ4n) is 2.65. The van der Waals surface area contributed by atoms with Gasteiger partial charge in [-0.1, -0.05) is 42.5 Å². The first-order valence-electron chi connectivity index (χ1n) is 7.48. The van der Waals surface area contributed by atoms with Crippen LogP contribution >= 0.6 is 0 Å². The van der Waals surface area contributed by atoms with Crippen LogP contribution in [0, 0.1) is 6.92 Å². The van der Waals surface area contributed by atoms with Crippen LogP contribution in [0.15, 0.2) is 53.3 Å². The van der Waals surface area contributed by atoms with E-state index in [4.69, 9.17) is 0 Å². The standard InChI is InChI=1S/C18H19N3O2/c1-13-8-9-15(14-6-4-3-5-7-14)10-16(13)11-21-17(12-22)19-20(2)18(21)23/h3-10,22H,11-12H2,1-2H3. The molecule has 3 rings (SSSR count). The van der Waals surface area contributed by atoms with Crippen molar-refractivity contribution in [1.82, 2.24) is 14.3 Å². The molecule has 1 N–H and O–H groups in total. The number of hydrogen-bond donors (Lipinski definition) is 1. The van der Waals surface area contributed by atoms with Gasteiger partial charge in [-0.2, -0.15) is 5.10 Å². The van der Waals surface area contributed by atoms with Crippen molar-refractivity contribution < 1.29 is 5.11 Å². The maximum absolute atomic E-state index is 12.2. The maximum atomic E-state index is 12.2. The Kier molecular flexibility index (Phi) is 4.12. The zero-order valence-electron chi connectivity index (χ0n) is 13.2. The molecule has 0 radical (unpaired) electrons. The zero-order chi connectivity index (χ0) is 16.4. The Morgan fingerprint density at radius 3 is 2.52 bits per heavy atom. The summed E-state index contributed by atoms with van der Waals surface area (Å²) in [7, 11) is 1.59. The number of benzene rings is 2. The lowest BCUT2D eigenvalue weighted by atomic mass is 10.00. The van der Waals surface area contributed by atoms with Crippen molar-refractivity contribution in [2.75, 3.05) is 0 Å². The minimum Gasteiger partial charge on any atom is -0.388 e. The fraction of sp³-hybridized carbons (Fsp3) is 0.222. The van der Waals surface area contributed by atoms with E-state index in [2.05, 4.69) is 35.4 Å². The highest BCUT2D eigenvalue weighted by molar-refractivity contribution is 5.64. The first-order chi connectivity index (χ1) is 11.1. The molecule has 3 aromatic rings. The summed E-state index contributed by atoms with van der Waals surface area (Å²) >= 11 is 0. The van der Waals surface area contributed by atoms with E-state index in [9.17, 15) is 9.90 Å². The number of nitrogens with zero attached hydrogens (tertiary/aromatic N) is 3. The molecule has 1 aromatic heterocycles. The van der Waals surface area contributed by atoms with Crippen LogP contribution in [0.4, 0.5) is 0 Å². The summed E-state index contributed by atoms with van der Waals surface area (Å²) < 4.78 is 2.76. The number of aliphatic hydroxyl groups is 1. The highest BCUT2D eigenvalue weighted by Gasteiger charge is 2.12. The van der Waals surface area contributed by atoms with Crippen molar-refractivity contribution in [1.29, 1.82) is 0 Å². The summed E-state index contributed by atoms with van der Waals surface area (Å²) in [5, 5.41) is 13.5. The Labute approximate surface area is 134 Å². The molecule has 0 fully saturated rings. The quantitative estimate of drug-likeness (QED) is 0.803. The van der Waals surface area contributed by atoms with Gasteiger partial charge in [0.25, 0.3) is 0 Å². The average molecular weight is 309 g/mol. The molecule has 0 aliphatic rings. The maximum Gasteiger partial charge on any atom is 0.346 e. The van der Waals surface area contributed by atoms with Gasteiger partial charge in [-0.25, -0.2) is 9.48 Å². The van der Waals surface area contributed by atoms with Gasteiger partial charge in [0, 0.05) is 7.05 Å². The average Bonchev–Trinajstić information content (AvgIpc) is 2.85. The van der Waals surface area contributed by atoms with Crippen LogP contribution in [-0.4, -0.2) is 19.5 Å². The molecular weight excluding hydrogens is 290 g/mol. The number of hydrogen-bond acceptors (Lipinski definition) is 3. The lowest BCUT2D eigenvalue weighted by molar-refractivity contribution is 0.264. The zero-order valence-corrected chi connectivity index (χ0v) is 13.2. The van der Waals surface area contributed by atoms with Gasteiger partial charge < -0.3 is 5.11 Å². The molecule has 2 aromatic carbocycles. The Bertz CT molecular complexity index is 879. The lowest BCUT2D eigenvalue weighted by Gasteiger charge is -2.10. The van der Waals surface area contributed by atoms with E-state index in [1.165, 1.54) is 9.25 Å². The molecular formula is C18H19N3O2. The molecule has 5 nitrogen and oxygen atoms in total. The van der Waals surface area contributed by atoms with Crippen molar-refractivity contribution in [3.05, 3.63) is 76.0 Å². The van der Waals surface area contributed by atoms with Gasteiger partial charge >= 0.3 is 5.69 Å². The Balaban J connectivity index is 2.03. The van der Waals surface area contributed by atoms with Gasteiger partial charge in [0.2, 0.25) is 0 Å². The van der Waals surface area contributed by atoms with Crippen LogP contribution in [0.1, 0.15) is 17.0 Å². The first-order valence-corrected chi connectivity index (χ1v) is 7.48. The molecule has 23 heavy (non-hydrogen) atoms. The number of aromatic nitrogens is 3. The molecule has 0 amide bonds. The molecule has 0 unspecified atom stereocenters. The highest BCUT2D eigenvalue weighted by Crippen LogP contribution is 2.22. The van der Waals surface area contributed by atoms with Crippen molar-refractivity contribution in [3.63, 3.8) is 0 Å². The molecule has 1 heterocycles. The summed E-state index contributed by atoms with van der Waals surface area (Å²) in [6, 6.07) is 16.3. The second-order valence-electron chi connectivity index (χ2n) is 5.57. The smallest absolute Gasteiger partial charge is 0.346 e. The summed E-state index contributed by atoms with van der Waals surface area (Å²) in [6.07, 6.45) is 0. The normalized spacial score (nSPS) is 10.9. The molecule has 0 atom stereocenters. The Hall–Kier alpha value is -2.66. The first kappa shape index (κ1) is 15.2. The highest BCUT2D eigenvalue weighted by atomic mass is 16.3. The summed E-state index contributed by atoms with van der Waals surface area (Å²) in [4.78, 5) is 12.2. The van der Waals surface area contributed by atoms with E-state index in [0.717, 1.165) is 22.3 Å². The number of rotatable bonds is 4. The topological polar surface area (TPSA) is 60.0 Å². The third-order valence-corrected chi connectivity index (χ3v) is 4.01. The van der Waals surface area contributed by atoms with Gasteiger partial charge in [-0.15, -0.1) is 0 Å². The second-order valence-corrected chi connectivity index (χ2v) is 5.57. The van der Waals surface area contributed by atoms with E-state index in [-0.39, 0.29) is 12.3 Å². The van der Waals surface area contributed by atoms with E-state index >= 15 is 0 Å². The van der Waals surface area contributed by atoms with Gasteiger partial charge in [0.05, 0.1) is 6.54 Å². The molecule has 0 aliphatic heterocycles. The monoisotopic (exact) mass is 309 g/mol. The van der Waals surface area contributed by atoms with Crippen molar-refractivity contribution in [2.24, 2.45) is 7.05 Å². The van der Waals surface area contributed by atoms with Gasteiger partial charge in [0.1, 0.15) is 6.61 Å². The molecule has 0 aliphatic carbocycles. The minimum absolute atomic E-state index is 0.224. The second kappa shape index (κ2) is 6.22. The summed E-state index contributed by atoms with van der Waals surface area (Å²) in [6.45, 7) is 2.16. The van der Waals surface area contributed by atoms with Crippen LogP contribution in [0.25, 0.3) is 11.1 Å². The SMILES string of the molecule is Cc1ccc(-c2ccccc2)cc1Cn1c(CO)nn(C)c1=O. The Morgan fingerprint density at radius 1 is 1.09 bits per heavy atom. The van der Waals surface area contributed by atoms with E-state index in [1.54, 1.807) is 7.05 Å². The molecule has 0 bridgehead atoms. The van der Waals surface area contributed by atoms with Crippen LogP contribution in [0.3, 0.4) is 0 Å². The van der Waals surface area contributed by atoms with Gasteiger partial charge in [-0.3, -0.25) is 4.57 Å². The van der Waals surface area contributed by atoms with Crippen LogP contribution < -0.4 is 5.69 Å². The van der Waals surface area contributed by atoms with Crippen LogP contribution in [0.5, 0.6) is 0 Å². The molecule has 0 spiro atoms. The minimum atomic E-state index is -0.256. The molecule has 118 valence electrons. The number of aliphatic hydroxyl groups excluding tert-OH is 1.